The molecule has 6 heteroatoms. The minimum atomic E-state index is -0.406. The number of aromatic amines is 1. The van der Waals surface area contributed by atoms with Crippen molar-refractivity contribution in [3.63, 3.8) is 0 Å². The lowest BCUT2D eigenvalue weighted by Crippen LogP contribution is -2.52. The number of nitrogens with one attached hydrogen (secondary N) is 2. The molecule has 3 rings (SSSR count). The molecule has 124 valence electrons. The molecule has 1 aromatic carbocycles. The number of carbonyl (C=O) groups excluding carboxylic acids is 1. The molecule has 1 saturated carbocycles. The molecular weight excluding hydrogens is 299 g/mol. The van der Waals surface area contributed by atoms with Gasteiger partial charge in [-0.1, -0.05) is 0 Å². The topological polar surface area (TPSA) is 85.4 Å². The zero-order valence-electron chi connectivity index (χ0n) is 12.8. The van der Waals surface area contributed by atoms with Gasteiger partial charge in [0.25, 0.3) is 0 Å². The molecule has 2 aromatic rings. The smallest absolute Gasteiger partial charge is 0.224 e. The van der Waals surface area contributed by atoms with Gasteiger partial charge >= 0.3 is 0 Å². The highest BCUT2D eigenvalue weighted by molar-refractivity contribution is 5.88. The van der Waals surface area contributed by atoms with E-state index >= 15 is 0 Å². The van der Waals surface area contributed by atoms with Gasteiger partial charge in [-0.15, -0.1) is 0 Å². The molecule has 0 spiro atoms. The fourth-order valence-corrected chi connectivity index (χ4v) is 3.35. The number of carbonyl (C=O) groups is 1. The van der Waals surface area contributed by atoms with E-state index < -0.39 is 5.41 Å². The zero-order chi connectivity index (χ0) is 16.4. The zero-order valence-corrected chi connectivity index (χ0v) is 12.8. The van der Waals surface area contributed by atoms with Crippen molar-refractivity contribution in [2.24, 2.45) is 11.3 Å². The summed E-state index contributed by atoms with van der Waals surface area (Å²) in [4.78, 5) is 15.2. The SMILES string of the molecule is O=C(Cc1c[nH]c2ccc(F)cc12)NCC1(CO)CCC1CO. The summed E-state index contributed by atoms with van der Waals surface area (Å²) < 4.78 is 13.4. The maximum Gasteiger partial charge on any atom is 0.224 e. The largest absolute Gasteiger partial charge is 0.396 e. The average Bonchev–Trinajstić information content (AvgIpc) is 2.90. The van der Waals surface area contributed by atoms with Crippen molar-refractivity contribution >= 4 is 16.8 Å². The third-order valence-electron chi connectivity index (χ3n) is 5.11. The number of H-pyrrole nitrogens is 1. The molecule has 0 bridgehead atoms. The first-order valence-corrected chi connectivity index (χ1v) is 7.82. The summed E-state index contributed by atoms with van der Waals surface area (Å²) in [7, 11) is 0. The van der Waals surface area contributed by atoms with Crippen LogP contribution in [0, 0.1) is 17.2 Å². The summed E-state index contributed by atoms with van der Waals surface area (Å²) in [5, 5.41) is 22.4. The average molecular weight is 320 g/mol. The first kappa shape index (κ1) is 16.0. The lowest BCUT2D eigenvalue weighted by atomic mass is 9.60. The van der Waals surface area contributed by atoms with Crippen LogP contribution in [0.1, 0.15) is 18.4 Å². The summed E-state index contributed by atoms with van der Waals surface area (Å²) in [6.07, 6.45) is 3.53. The molecule has 5 nitrogen and oxygen atoms in total. The molecule has 23 heavy (non-hydrogen) atoms. The maximum absolute atomic E-state index is 13.4. The predicted octanol–water partition coefficient (Wildman–Crippen LogP) is 1.35. The van der Waals surface area contributed by atoms with E-state index in [9.17, 15) is 19.4 Å². The van der Waals surface area contributed by atoms with Crippen molar-refractivity contribution in [2.45, 2.75) is 19.3 Å². The Morgan fingerprint density at radius 1 is 1.43 bits per heavy atom. The Kier molecular flexibility index (Phi) is 4.37. The number of amides is 1. The van der Waals surface area contributed by atoms with E-state index in [1.807, 2.05) is 0 Å². The number of aliphatic hydroxyl groups excluding tert-OH is 2. The normalized spacial score (nSPS) is 23.7. The number of aliphatic hydroxyl groups is 2. The van der Waals surface area contributed by atoms with Crippen LogP contribution in [0.15, 0.2) is 24.4 Å². The Labute approximate surface area is 133 Å². The van der Waals surface area contributed by atoms with Crippen LogP contribution in [-0.2, 0) is 11.2 Å². The Hall–Kier alpha value is -1.92. The van der Waals surface area contributed by atoms with Gasteiger partial charge in [0.05, 0.1) is 13.0 Å². The molecule has 1 heterocycles. The van der Waals surface area contributed by atoms with Crippen LogP contribution in [0.5, 0.6) is 0 Å². The first-order valence-electron chi connectivity index (χ1n) is 7.82. The van der Waals surface area contributed by atoms with Crippen molar-refractivity contribution in [1.82, 2.24) is 10.3 Å². The molecule has 2 atom stereocenters. The summed E-state index contributed by atoms with van der Waals surface area (Å²) in [6.45, 7) is 0.333. The molecule has 1 aromatic heterocycles. The molecule has 1 fully saturated rings. The predicted molar refractivity (Wildman–Crippen MR) is 84.3 cm³/mol. The highest BCUT2D eigenvalue weighted by Gasteiger charge is 2.45. The van der Waals surface area contributed by atoms with Crippen LogP contribution >= 0.6 is 0 Å². The van der Waals surface area contributed by atoms with Gasteiger partial charge in [0.2, 0.25) is 5.91 Å². The second kappa shape index (κ2) is 6.29. The Morgan fingerprint density at radius 3 is 2.91 bits per heavy atom. The van der Waals surface area contributed by atoms with E-state index in [0.717, 1.165) is 23.9 Å². The molecular formula is C17H21FN2O3. The molecule has 0 radical (unpaired) electrons. The highest BCUT2D eigenvalue weighted by Crippen LogP contribution is 2.45. The minimum Gasteiger partial charge on any atom is -0.396 e. The summed E-state index contributed by atoms with van der Waals surface area (Å²) in [6, 6.07) is 4.43. The van der Waals surface area contributed by atoms with Crippen LogP contribution in [-0.4, -0.2) is 40.9 Å². The van der Waals surface area contributed by atoms with E-state index in [4.69, 9.17) is 0 Å². The summed E-state index contributed by atoms with van der Waals surface area (Å²) >= 11 is 0. The summed E-state index contributed by atoms with van der Waals surface area (Å²) in [5.41, 5.74) is 1.12. The Bertz CT molecular complexity index is 709. The van der Waals surface area contributed by atoms with E-state index in [1.165, 1.54) is 12.1 Å². The number of fused-ring (bicyclic) bond motifs is 1. The van der Waals surface area contributed by atoms with Crippen LogP contribution in [0.3, 0.4) is 0 Å². The summed E-state index contributed by atoms with van der Waals surface area (Å²) in [5.74, 6) is -0.472. The standard InChI is InChI=1S/C17H21FN2O3/c18-13-1-2-15-14(6-13)11(7-19-15)5-16(23)20-9-17(10-22)4-3-12(17)8-21/h1-2,6-7,12,19,21-22H,3-5,8-10H2,(H,20,23). The van der Waals surface area contributed by atoms with Gasteiger partial charge in [-0.3, -0.25) is 4.79 Å². The van der Waals surface area contributed by atoms with Gasteiger partial charge in [0, 0.05) is 35.7 Å². The fourth-order valence-electron chi connectivity index (χ4n) is 3.35. The van der Waals surface area contributed by atoms with Gasteiger partial charge in [0.1, 0.15) is 5.82 Å². The monoisotopic (exact) mass is 320 g/mol. The minimum absolute atomic E-state index is 0.0259. The van der Waals surface area contributed by atoms with Crippen LogP contribution in [0.25, 0.3) is 10.9 Å². The molecule has 2 unspecified atom stereocenters. The van der Waals surface area contributed by atoms with Crippen molar-refractivity contribution in [3.05, 3.63) is 35.8 Å². The van der Waals surface area contributed by atoms with E-state index in [2.05, 4.69) is 10.3 Å². The highest BCUT2D eigenvalue weighted by atomic mass is 19.1. The number of hydrogen-bond donors (Lipinski definition) is 4. The molecule has 1 aliphatic carbocycles. The Balaban J connectivity index is 1.64. The van der Waals surface area contributed by atoms with Gasteiger partial charge < -0.3 is 20.5 Å². The van der Waals surface area contributed by atoms with Gasteiger partial charge in [-0.05, 0) is 42.5 Å². The third-order valence-corrected chi connectivity index (χ3v) is 5.11. The second-order valence-electron chi connectivity index (χ2n) is 6.40. The molecule has 1 aliphatic rings. The molecule has 1 amide bonds. The number of benzene rings is 1. The van der Waals surface area contributed by atoms with Gasteiger partial charge in [0.15, 0.2) is 0 Å². The Morgan fingerprint density at radius 2 is 2.26 bits per heavy atom. The van der Waals surface area contributed by atoms with Crippen LogP contribution < -0.4 is 5.32 Å². The van der Waals surface area contributed by atoms with Crippen molar-refractivity contribution in [2.75, 3.05) is 19.8 Å². The van der Waals surface area contributed by atoms with Crippen LogP contribution in [0.2, 0.25) is 0 Å². The van der Waals surface area contributed by atoms with Crippen LogP contribution in [0.4, 0.5) is 4.39 Å². The number of halogens is 1. The lowest BCUT2D eigenvalue weighted by molar-refractivity contribution is -0.123. The van der Waals surface area contributed by atoms with Crippen molar-refractivity contribution < 1.29 is 19.4 Å². The molecule has 4 N–H and O–H groups in total. The number of aromatic nitrogens is 1. The quantitative estimate of drug-likeness (QED) is 0.648. The number of rotatable bonds is 6. The van der Waals surface area contributed by atoms with Crippen molar-refractivity contribution in [1.29, 1.82) is 0 Å². The van der Waals surface area contributed by atoms with Gasteiger partial charge in [-0.25, -0.2) is 4.39 Å². The van der Waals surface area contributed by atoms with E-state index in [-0.39, 0.29) is 37.3 Å². The van der Waals surface area contributed by atoms with Gasteiger partial charge in [-0.2, -0.15) is 0 Å². The van der Waals surface area contributed by atoms with E-state index in [0.29, 0.717) is 11.9 Å². The maximum atomic E-state index is 13.4. The molecule has 0 saturated heterocycles. The molecule has 0 aliphatic heterocycles. The fraction of sp³-hybridized carbons (Fsp3) is 0.471. The van der Waals surface area contributed by atoms with E-state index in [1.54, 1.807) is 12.3 Å². The number of hydrogen-bond acceptors (Lipinski definition) is 3. The lowest BCUT2D eigenvalue weighted by Gasteiger charge is -2.47. The van der Waals surface area contributed by atoms with Crippen molar-refractivity contribution in [3.8, 4) is 0 Å². The second-order valence-corrected chi connectivity index (χ2v) is 6.40. The third kappa shape index (κ3) is 2.96. The first-order chi connectivity index (χ1) is 11.1.